The minimum Gasteiger partial charge on any atom is -0.343 e. The Balaban J connectivity index is 1.76. The summed E-state index contributed by atoms with van der Waals surface area (Å²) in [6, 6.07) is 38.0. The second kappa shape index (κ2) is 8.97. The zero-order chi connectivity index (χ0) is 21.8. The fraction of sp³-hybridized carbons (Fsp3) is 0.0690. The lowest BCUT2D eigenvalue weighted by molar-refractivity contribution is 0.654. The molecule has 0 fully saturated rings. The van der Waals surface area contributed by atoms with E-state index in [4.69, 9.17) is 4.99 Å². The molecule has 32 heavy (non-hydrogen) atoms. The van der Waals surface area contributed by atoms with E-state index in [1.807, 2.05) is 0 Å². The van der Waals surface area contributed by atoms with E-state index in [0.29, 0.717) is 0 Å². The lowest BCUT2D eigenvalue weighted by Crippen LogP contribution is -2.30. The van der Waals surface area contributed by atoms with Crippen LogP contribution < -0.4 is 5.32 Å². The number of fused-ring (bicyclic) bond motifs is 1. The Morgan fingerprint density at radius 1 is 0.688 bits per heavy atom. The maximum Gasteiger partial charge on any atom is 0.138 e. The normalized spacial score (nSPS) is 14.5. The average Bonchev–Trinajstić information content (AvgIpc) is 3.05. The first kappa shape index (κ1) is 20.5. The van der Waals surface area contributed by atoms with Crippen molar-refractivity contribution in [2.24, 2.45) is 4.99 Å². The Morgan fingerprint density at radius 3 is 1.75 bits per heavy atom. The SMILES string of the molecule is Brc1ccc2c(c1)NC(=NC(c1ccccc1)(c1ccccc1)c1ccccc1)CC=C2. The van der Waals surface area contributed by atoms with E-state index in [-0.39, 0.29) is 0 Å². The van der Waals surface area contributed by atoms with Crippen molar-refractivity contribution >= 4 is 33.5 Å². The largest absolute Gasteiger partial charge is 0.343 e. The van der Waals surface area contributed by atoms with Gasteiger partial charge in [0.25, 0.3) is 0 Å². The van der Waals surface area contributed by atoms with E-state index < -0.39 is 5.54 Å². The van der Waals surface area contributed by atoms with Gasteiger partial charge in [-0.25, -0.2) is 0 Å². The number of rotatable bonds is 4. The highest BCUT2D eigenvalue weighted by Gasteiger charge is 2.36. The average molecular weight is 479 g/mol. The van der Waals surface area contributed by atoms with Gasteiger partial charge in [-0.05, 0) is 34.4 Å². The van der Waals surface area contributed by atoms with Crippen molar-refractivity contribution in [1.82, 2.24) is 0 Å². The molecule has 4 aromatic rings. The topological polar surface area (TPSA) is 24.4 Å². The summed E-state index contributed by atoms with van der Waals surface area (Å²) in [4.78, 5) is 5.51. The summed E-state index contributed by atoms with van der Waals surface area (Å²) >= 11 is 3.60. The minimum atomic E-state index is -0.670. The molecule has 1 heterocycles. The second-order valence-corrected chi connectivity index (χ2v) is 8.75. The molecule has 0 saturated carbocycles. The molecule has 5 rings (SSSR count). The van der Waals surface area contributed by atoms with E-state index in [9.17, 15) is 0 Å². The highest BCUT2D eigenvalue weighted by Crippen LogP contribution is 2.41. The van der Waals surface area contributed by atoms with Crippen LogP contribution in [0.1, 0.15) is 28.7 Å². The molecule has 0 aromatic heterocycles. The van der Waals surface area contributed by atoms with Gasteiger partial charge in [-0.15, -0.1) is 0 Å². The number of nitrogens with zero attached hydrogens (tertiary/aromatic N) is 1. The van der Waals surface area contributed by atoms with Crippen molar-refractivity contribution < 1.29 is 0 Å². The molecule has 1 aliphatic heterocycles. The Labute approximate surface area is 197 Å². The fourth-order valence-electron chi connectivity index (χ4n) is 4.29. The molecule has 1 N–H and O–H groups in total. The predicted molar refractivity (Wildman–Crippen MR) is 138 cm³/mol. The van der Waals surface area contributed by atoms with Crippen LogP contribution in [0.15, 0.2) is 125 Å². The van der Waals surface area contributed by atoms with Gasteiger partial charge < -0.3 is 5.32 Å². The fourth-order valence-corrected chi connectivity index (χ4v) is 4.65. The number of anilines is 1. The van der Waals surface area contributed by atoms with Crippen LogP contribution in [0.5, 0.6) is 0 Å². The predicted octanol–water partition coefficient (Wildman–Crippen LogP) is 7.67. The molecule has 0 aliphatic carbocycles. The third-order valence-corrected chi connectivity index (χ3v) is 6.27. The molecule has 156 valence electrons. The molecule has 0 unspecified atom stereocenters. The monoisotopic (exact) mass is 478 g/mol. The van der Waals surface area contributed by atoms with Crippen molar-refractivity contribution in [1.29, 1.82) is 0 Å². The van der Waals surface area contributed by atoms with Crippen molar-refractivity contribution in [2.75, 3.05) is 5.32 Å². The Bertz CT molecular complexity index is 1170. The summed E-state index contributed by atoms with van der Waals surface area (Å²) in [5, 5.41) is 3.62. The van der Waals surface area contributed by atoms with E-state index >= 15 is 0 Å². The van der Waals surface area contributed by atoms with Crippen LogP contribution in [0.25, 0.3) is 6.08 Å². The third kappa shape index (κ3) is 3.92. The first-order valence-electron chi connectivity index (χ1n) is 10.7. The Morgan fingerprint density at radius 2 is 1.22 bits per heavy atom. The van der Waals surface area contributed by atoms with E-state index in [2.05, 4.69) is 143 Å². The molecule has 0 spiro atoms. The number of nitrogens with one attached hydrogen (secondary N) is 1. The van der Waals surface area contributed by atoms with E-state index in [1.165, 1.54) is 0 Å². The summed E-state index contributed by atoms with van der Waals surface area (Å²) < 4.78 is 1.04. The number of hydrogen-bond acceptors (Lipinski definition) is 1. The van der Waals surface area contributed by atoms with E-state index in [1.54, 1.807) is 0 Å². The number of hydrogen-bond donors (Lipinski definition) is 1. The van der Waals surface area contributed by atoms with E-state index in [0.717, 1.165) is 44.7 Å². The van der Waals surface area contributed by atoms with Crippen molar-refractivity contribution in [2.45, 2.75) is 12.0 Å². The van der Waals surface area contributed by atoms with Gasteiger partial charge in [0.1, 0.15) is 11.4 Å². The van der Waals surface area contributed by atoms with Crippen LogP contribution in [0, 0.1) is 0 Å². The van der Waals surface area contributed by atoms with Gasteiger partial charge in [0.15, 0.2) is 0 Å². The lowest BCUT2D eigenvalue weighted by Gasteiger charge is -2.33. The van der Waals surface area contributed by atoms with Crippen molar-refractivity contribution in [3.63, 3.8) is 0 Å². The van der Waals surface area contributed by atoms with Crippen LogP contribution in [0.4, 0.5) is 5.69 Å². The minimum absolute atomic E-state index is 0.670. The van der Waals surface area contributed by atoms with Gasteiger partial charge in [0.2, 0.25) is 0 Å². The standard InChI is InChI=1S/C29H23BrN2/c30-26-20-19-22-11-10-18-28(31-27(22)21-26)32-29(23-12-4-1-5-13-23,24-14-6-2-7-15-24)25-16-8-3-9-17-25/h1-17,19-21H,18H2,(H,31,32). The van der Waals surface area contributed by atoms with Crippen LogP contribution in [0.3, 0.4) is 0 Å². The molecule has 0 bridgehead atoms. The third-order valence-electron chi connectivity index (χ3n) is 5.78. The maximum absolute atomic E-state index is 5.51. The van der Waals surface area contributed by atoms with Crippen molar-refractivity contribution in [3.8, 4) is 0 Å². The molecule has 1 aliphatic rings. The smallest absolute Gasteiger partial charge is 0.138 e. The summed E-state index contributed by atoms with van der Waals surface area (Å²) in [7, 11) is 0. The number of amidine groups is 1. The molecule has 3 heteroatoms. The summed E-state index contributed by atoms with van der Waals surface area (Å²) in [5.74, 6) is 0.926. The molecule has 0 saturated heterocycles. The first-order chi connectivity index (χ1) is 15.8. The summed E-state index contributed by atoms with van der Waals surface area (Å²) in [5.41, 5.74) is 4.94. The molecule has 0 radical (unpaired) electrons. The van der Waals surface area contributed by atoms with Crippen LogP contribution in [-0.2, 0) is 5.54 Å². The Hall–Kier alpha value is -3.43. The maximum atomic E-state index is 5.51. The van der Waals surface area contributed by atoms with Crippen LogP contribution >= 0.6 is 15.9 Å². The molecule has 0 atom stereocenters. The summed E-state index contributed by atoms with van der Waals surface area (Å²) in [6.07, 6.45) is 5.06. The van der Waals surface area contributed by atoms with Crippen LogP contribution in [-0.4, -0.2) is 5.84 Å². The van der Waals surface area contributed by atoms with Gasteiger partial charge in [-0.2, -0.15) is 0 Å². The molecule has 4 aromatic carbocycles. The quantitative estimate of drug-likeness (QED) is 0.299. The number of aliphatic imine (C=N–C) groups is 1. The molecular weight excluding hydrogens is 456 g/mol. The second-order valence-electron chi connectivity index (χ2n) is 7.83. The zero-order valence-electron chi connectivity index (χ0n) is 17.6. The number of benzene rings is 4. The molecule has 0 amide bonds. The zero-order valence-corrected chi connectivity index (χ0v) is 19.2. The van der Waals surface area contributed by atoms with Crippen molar-refractivity contribution in [3.05, 3.63) is 142 Å². The summed E-state index contributed by atoms with van der Waals surface area (Å²) in [6.45, 7) is 0. The van der Waals surface area contributed by atoms with Gasteiger partial charge in [0.05, 0.1) is 0 Å². The number of halogens is 1. The van der Waals surface area contributed by atoms with Gasteiger partial charge in [0, 0.05) is 16.6 Å². The highest BCUT2D eigenvalue weighted by atomic mass is 79.9. The van der Waals surface area contributed by atoms with Gasteiger partial charge in [-0.3, -0.25) is 4.99 Å². The molecule has 2 nitrogen and oxygen atoms in total. The Kier molecular flexibility index (Phi) is 5.74. The lowest BCUT2D eigenvalue weighted by atomic mass is 9.77. The van der Waals surface area contributed by atoms with Gasteiger partial charge in [-0.1, -0.05) is 125 Å². The van der Waals surface area contributed by atoms with Crippen LogP contribution in [0.2, 0.25) is 0 Å². The first-order valence-corrected chi connectivity index (χ1v) is 11.5. The van der Waals surface area contributed by atoms with Gasteiger partial charge >= 0.3 is 0 Å². The highest BCUT2D eigenvalue weighted by molar-refractivity contribution is 9.10. The molecular formula is C29H23BrN2.